The van der Waals surface area contributed by atoms with Gasteiger partial charge >= 0.3 is 15.6 Å². The number of aliphatic hydroxyl groups is 4. The molecule has 0 aromatic heterocycles. The predicted molar refractivity (Wildman–Crippen MR) is 133 cm³/mol. The van der Waals surface area contributed by atoms with E-state index in [1.54, 1.807) is 30.3 Å². The molecule has 0 saturated carbocycles. The molecule has 17 nitrogen and oxygen atoms in total. The molecule has 2 aromatic carbocycles. The van der Waals surface area contributed by atoms with E-state index >= 15 is 0 Å². The SMILES string of the molecule is COc1ccc2ccc(O[C@@H]3OC[C@@H](O[C@@H]4O[C@H](COP(=O)(O)O)[C@H](O)[C@H](O)[C@H]4OP(=O)(O)O)[C@H](O)[C@H]3O)cc2c1. The summed E-state index contributed by atoms with van der Waals surface area (Å²) in [6, 6.07) is 10.4. The highest BCUT2D eigenvalue weighted by Crippen LogP contribution is 2.43. The minimum absolute atomic E-state index is 0.289. The van der Waals surface area contributed by atoms with Crippen LogP contribution >= 0.6 is 15.6 Å². The third-order valence-corrected chi connectivity index (χ3v) is 7.33. The van der Waals surface area contributed by atoms with Crippen LogP contribution in [0, 0.1) is 0 Å². The lowest BCUT2D eigenvalue weighted by atomic mass is 9.99. The van der Waals surface area contributed by atoms with Gasteiger partial charge in [-0.15, -0.1) is 0 Å². The van der Waals surface area contributed by atoms with Gasteiger partial charge < -0.3 is 63.7 Å². The molecule has 2 aliphatic rings. The molecule has 4 rings (SSSR count). The maximum Gasteiger partial charge on any atom is 0.470 e. The molecule has 230 valence electrons. The van der Waals surface area contributed by atoms with Gasteiger partial charge in [0.15, 0.2) is 6.29 Å². The zero-order valence-corrected chi connectivity index (χ0v) is 23.0. The van der Waals surface area contributed by atoms with Crippen molar-refractivity contribution in [3.8, 4) is 11.5 Å². The van der Waals surface area contributed by atoms with Gasteiger partial charge in [0.2, 0.25) is 6.29 Å². The normalized spacial score (nSPS) is 33.0. The fourth-order valence-electron chi connectivity index (χ4n) is 4.29. The fourth-order valence-corrected chi connectivity index (χ4v) is 5.18. The molecule has 0 aliphatic carbocycles. The Morgan fingerprint density at radius 3 is 2.12 bits per heavy atom. The summed E-state index contributed by atoms with van der Waals surface area (Å²) in [5, 5.41) is 43.7. The number of phosphoric acid groups is 2. The molecule has 0 amide bonds. The standard InChI is InChI=1S/C22H30O17P2/c1-33-12-4-2-10-3-5-13(7-11(10)6-12)36-21-19(26)17(24)14(8-34-21)37-22-20(39-41(30,31)32)18(25)16(23)15(38-22)9-35-40(27,28)29/h2-7,14-26H,8-9H2,1H3,(H2,27,28,29)(H2,30,31,32)/t14-,15-,16+,17+,18+,19-,20-,21+,22-/m1/s1. The predicted octanol–water partition coefficient (Wildman–Crippen LogP) is -1.28. The van der Waals surface area contributed by atoms with Gasteiger partial charge in [-0.1, -0.05) is 12.1 Å². The van der Waals surface area contributed by atoms with Crippen molar-refractivity contribution in [3.63, 3.8) is 0 Å². The molecule has 0 spiro atoms. The minimum atomic E-state index is -5.31. The van der Waals surface area contributed by atoms with Crippen LogP contribution in [0.15, 0.2) is 36.4 Å². The van der Waals surface area contributed by atoms with Crippen LogP contribution in [0.5, 0.6) is 11.5 Å². The first-order chi connectivity index (χ1) is 19.1. The summed E-state index contributed by atoms with van der Waals surface area (Å²) in [4.78, 5) is 36.4. The van der Waals surface area contributed by atoms with Crippen molar-refractivity contribution in [2.45, 2.75) is 55.3 Å². The second kappa shape index (κ2) is 12.9. The zero-order chi connectivity index (χ0) is 30.1. The highest BCUT2D eigenvalue weighted by atomic mass is 31.2. The Balaban J connectivity index is 1.46. The Labute approximate surface area is 232 Å². The number of phosphoric ester groups is 2. The van der Waals surface area contributed by atoms with Crippen LogP contribution in [0.1, 0.15) is 0 Å². The van der Waals surface area contributed by atoms with Gasteiger partial charge in [-0.25, -0.2) is 9.13 Å². The lowest BCUT2D eigenvalue weighted by molar-refractivity contribution is -0.335. The maximum atomic E-state index is 11.5. The fraction of sp³-hybridized carbons (Fsp3) is 0.545. The van der Waals surface area contributed by atoms with Crippen molar-refractivity contribution in [2.75, 3.05) is 20.3 Å². The van der Waals surface area contributed by atoms with Crippen LogP contribution in [0.2, 0.25) is 0 Å². The number of rotatable bonds is 10. The van der Waals surface area contributed by atoms with Crippen molar-refractivity contribution in [1.29, 1.82) is 0 Å². The summed E-state index contributed by atoms with van der Waals surface area (Å²) in [5.41, 5.74) is 0. The van der Waals surface area contributed by atoms with Gasteiger partial charge in [0, 0.05) is 0 Å². The number of hydrogen-bond donors (Lipinski definition) is 8. The van der Waals surface area contributed by atoms with Crippen LogP contribution < -0.4 is 9.47 Å². The molecule has 2 heterocycles. The summed E-state index contributed by atoms with van der Waals surface area (Å²) >= 11 is 0. The van der Waals surface area contributed by atoms with Crippen molar-refractivity contribution in [3.05, 3.63) is 36.4 Å². The van der Waals surface area contributed by atoms with Gasteiger partial charge in [-0.05, 0) is 35.0 Å². The second-order valence-corrected chi connectivity index (χ2v) is 11.7. The molecule has 41 heavy (non-hydrogen) atoms. The highest BCUT2D eigenvalue weighted by Gasteiger charge is 2.51. The molecule has 2 aromatic rings. The van der Waals surface area contributed by atoms with Crippen molar-refractivity contribution >= 4 is 26.4 Å². The number of benzene rings is 2. The monoisotopic (exact) mass is 628 g/mol. The van der Waals surface area contributed by atoms with E-state index in [-0.39, 0.29) is 5.75 Å². The van der Waals surface area contributed by atoms with Crippen LogP contribution in [0.3, 0.4) is 0 Å². The van der Waals surface area contributed by atoms with E-state index in [4.69, 9.17) is 33.5 Å². The molecule has 2 saturated heterocycles. The first-order valence-electron chi connectivity index (χ1n) is 12.0. The number of aliphatic hydroxyl groups excluding tert-OH is 4. The molecule has 0 unspecified atom stereocenters. The van der Waals surface area contributed by atoms with Crippen molar-refractivity contribution in [1.82, 2.24) is 0 Å². The van der Waals surface area contributed by atoms with E-state index in [0.29, 0.717) is 5.75 Å². The summed E-state index contributed by atoms with van der Waals surface area (Å²) in [6.45, 7) is -1.43. The minimum Gasteiger partial charge on any atom is -0.497 e. The smallest absolute Gasteiger partial charge is 0.470 e. The van der Waals surface area contributed by atoms with Crippen molar-refractivity contribution < 1.29 is 81.9 Å². The largest absolute Gasteiger partial charge is 0.497 e. The van der Waals surface area contributed by atoms with Crippen molar-refractivity contribution in [2.24, 2.45) is 0 Å². The van der Waals surface area contributed by atoms with Crippen LogP contribution in [0.25, 0.3) is 10.8 Å². The Hall–Kier alpha value is -1.76. The third kappa shape index (κ3) is 8.20. The summed E-state index contributed by atoms with van der Waals surface area (Å²) in [7, 11) is -8.82. The molecular weight excluding hydrogens is 598 g/mol. The van der Waals surface area contributed by atoms with Gasteiger partial charge in [0.25, 0.3) is 0 Å². The highest BCUT2D eigenvalue weighted by molar-refractivity contribution is 7.46. The molecule has 2 aliphatic heterocycles. The molecule has 19 heteroatoms. The Morgan fingerprint density at radius 1 is 0.829 bits per heavy atom. The van der Waals surface area contributed by atoms with E-state index in [9.17, 15) is 39.3 Å². The van der Waals surface area contributed by atoms with Crippen LogP contribution in [-0.2, 0) is 32.4 Å². The topological polar surface area (TPSA) is 261 Å². The quantitative estimate of drug-likeness (QED) is 0.143. The van der Waals surface area contributed by atoms with E-state index in [1.165, 1.54) is 7.11 Å². The molecule has 8 N–H and O–H groups in total. The number of fused-ring (bicyclic) bond motifs is 1. The van der Waals surface area contributed by atoms with E-state index in [2.05, 4.69) is 9.05 Å². The molecule has 0 bridgehead atoms. The Morgan fingerprint density at radius 2 is 1.49 bits per heavy atom. The number of methoxy groups -OCH3 is 1. The van der Waals surface area contributed by atoms with E-state index in [1.807, 2.05) is 6.07 Å². The Kier molecular flexibility index (Phi) is 10.1. The summed E-state index contributed by atoms with van der Waals surface area (Å²) in [6.07, 6.45) is -16.1. The van der Waals surface area contributed by atoms with Gasteiger partial charge in [-0.2, -0.15) is 0 Å². The molecule has 9 atom stereocenters. The first-order valence-corrected chi connectivity index (χ1v) is 15.0. The van der Waals surface area contributed by atoms with E-state index in [0.717, 1.165) is 10.8 Å². The first kappa shape index (κ1) is 32.2. The van der Waals surface area contributed by atoms with Gasteiger partial charge in [-0.3, -0.25) is 9.05 Å². The molecule has 0 radical (unpaired) electrons. The van der Waals surface area contributed by atoms with Crippen LogP contribution in [-0.4, -0.2) is 116 Å². The number of hydrogen-bond acceptors (Lipinski definition) is 13. The summed E-state index contributed by atoms with van der Waals surface area (Å²) in [5.74, 6) is 0.898. The summed E-state index contributed by atoms with van der Waals surface area (Å²) < 4.78 is 58.6. The lowest BCUT2D eigenvalue weighted by Crippen LogP contribution is -2.63. The zero-order valence-electron chi connectivity index (χ0n) is 21.2. The molecular formula is C22H30O17P2. The maximum absolute atomic E-state index is 11.5. The van der Waals surface area contributed by atoms with E-state index < -0.39 is 84.2 Å². The Bertz CT molecular complexity index is 1280. The molecule has 2 fully saturated rings. The van der Waals surface area contributed by atoms with Gasteiger partial charge in [0.05, 0.1) is 20.3 Å². The van der Waals surface area contributed by atoms with Gasteiger partial charge in [0.1, 0.15) is 54.2 Å². The number of ether oxygens (including phenoxy) is 5. The average molecular weight is 628 g/mol. The third-order valence-electron chi connectivity index (χ3n) is 6.33. The second-order valence-electron chi connectivity index (χ2n) is 9.22. The average Bonchev–Trinajstić information content (AvgIpc) is 2.90. The lowest BCUT2D eigenvalue weighted by Gasteiger charge is -2.44. The van der Waals surface area contributed by atoms with Crippen LogP contribution in [0.4, 0.5) is 0 Å².